The summed E-state index contributed by atoms with van der Waals surface area (Å²) in [6, 6.07) is 14.7. The number of nitrogens with one attached hydrogen (secondary N) is 1. The molecule has 118 valence electrons. The Hall–Kier alpha value is -2.33. The molecule has 1 heterocycles. The van der Waals surface area contributed by atoms with Crippen LogP contribution in [-0.4, -0.2) is 18.4 Å². The van der Waals surface area contributed by atoms with Crippen LogP contribution in [0.1, 0.15) is 12.0 Å². The Bertz CT molecular complexity index is 743. The van der Waals surface area contributed by atoms with E-state index in [0.717, 1.165) is 11.3 Å². The van der Waals surface area contributed by atoms with Crippen LogP contribution in [0.3, 0.4) is 0 Å². The van der Waals surface area contributed by atoms with Gasteiger partial charge in [0.15, 0.2) is 0 Å². The zero-order chi connectivity index (χ0) is 16.4. The first-order valence-corrected chi connectivity index (χ1v) is 7.84. The van der Waals surface area contributed by atoms with Gasteiger partial charge in [-0.05, 0) is 37.3 Å². The van der Waals surface area contributed by atoms with E-state index in [1.54, 1.807) is 29.2 Å². The molecule has 2 amide bonds. The molecule has 2 aromatic carbocycles. The van der Waals surface area contributed by atoms with E-state index in [1.807, 2.05) is 31.2 Å². The Kier molecular flexibility index (Phi) is 4.35. The van der Waals surface area contributed by atoms with Crippen molar-refractivity contribution >= 4 is 34.8 Å². The molecule has 23 heavy (non-hydrogen) atoms. The molecule has 4 nitrogen and oxygen atoms in total. The lowest BCUT2D eigenvalue weighted by Crippen LogP contribution is -2.28. The van der Waals surface area contributed by atoms with Crippen molar-refractivity contribution in [2.24, 2.45) is 5.92 Å². The predicted molar refractivity (Wildman–Crippen MR) is 91.7 cm³/mol. The summed E-state index contributed by atoms with van der Waals surface area (Å²) in [5.74, 6) is -0.543. The van der Waals surface area contributed by atoms with Gasteiger partial charge in [-0.25, -0.2) is 0 Å². The maximum absolute atomic E-state index is 12.4. The Labute approximate surface area is 140 Å². The molecule has 1 saturated heterocycles. The van der Waals surface area contributed by atoms with E-state index in [2.05, 4.69) is 5.32 Å². The fourth-order valence-electron chi connectivity index (χ4n) is 2.67. The van der Waals surface area contributed by atoms with Gasteiger partial charge in [-0.3, -0.25) is 9.59 Å². The zero-order valence-corrected chi connectivity index (χ0v) is 13.5. The highest BCUT2D eigenvalue weighted by Gasteiger charge is 2.35. The van der Waals surface area contributed by atoms with Gasteiger partial charge in [0.25, 0.3) is 0 Å². The summed E-state index contributed by atoms with van der Waals surface area (Å²) in [6.07, 6.45) is 0.222. The maximum Gasteiger partial charge on any atom is 0.229 e. The molecule has 1 fully saturated rings. The van der Waals surface area contributed by atoms with Crippen LogP contribution in [0.4, 0.5) is 11.4 Å². The van der Waals surface area contributed by atoms with E-state index in [9.17, 15) is 9.59 Å². The lowest BCUT2D eigenvalue weighted by atomic mass is 10.1. The minimum Gasteiger partial charge on any atom is -0.326 e. The monoisotopic (exact) mass is 328 g/mol. The third-order valence-electron chi connectivity index (χ3n) is 3.93. The fraction of sp³-hybridized carbons (Fsp3) is 0.222. The molecule has 3 rings (SSSR count). The van der Waals surface area contributed by atoms with Gasteiger partial charge in [-0.2, -0.15) is 0 Å². The fourth-order valence-corrected chi connectivity index (χ4v) is 2.86. The van der Waals surface area contributed by atoms with Gasteiger partial charge >= 0.3 is 0 Å². The lowest BCUT2D eigenvalue weighted by molar-refractivity contribution is -0.122. The van der Waals surface area contributed by atoms with Crippen LogP contribution < -0.4 is 10.2 Å². The van der Waals surface area contributed by atoms with Crippen LogP contribution >= 0.6 is 11.6 Å². The first-order chi connectivity index (χ1) is 11.0. The van der Waals surface area contributed by atoms with E-state index in [4.69, 9.17) is 11.6 Å². The van der Waals surface area contributed by atoms with Crippen molar-refractivity contribution in [1.29, 1.82) is 0 Å². The normalized spacial score (nSPS) is 17.4. The second-order valence-electron chi connectivity index (χ2n) is 5.74. The van der Waals surface area contributed by atoms with Crippen molar-refractivity contribution in [3.05, 3.63) is 59.1 Å². The smallest absolute Gasteiger partial charge is 0.229 e. The van der Waals surface area contributed by atoms with Gasteiger partial charge < -0.3 is 10.2 Å². The summed E-state index contributed by atoms with van der Waals surface area (Å²) in [7, 11) is 0. The number of amides is 2. The number of hydrogen-bond acceptors (Lipinski definition) is 2. The summed E-state index contributed by atoms with van der Waals surface area (Å²) < 4.78 is 0. The van der Waals surface area contributed by atoms with Crippen LogP contribution in [0.25, 0.3) is 0 Å². The van der Waals surface area contributed by atoms with Gasteiger partial charge in [-0.1, -0.05) is 35.4 Å². The zero-order valence-electron chi connectivity index (χ0n) is 12.8. The number of rotatable bonds is 3. The minimum absolute atomic E-state index is 0.0277. The largest absolute Gasteiger partial charge is 0.326 e. The van der Waals surface area contributed by atoms with Gasteiger partial charge in [0.2, 0.25) is 11.8 Å². The SMILES string of the molecule is Cc1ccc(N2C[C@H](C(=O)Nc3cccc(Cl)c3)CC2=O)cc1. The number of carbonyl (C=O) groups is 2. The van der Waals surface area contributed by atoms with Crippen molar-refractivity contribution in [3.8, 4) is 0 Å². The number of carbonyl (C=O) groups excluding carboxylic acids is 2. The van der Waals surface area contributed by atoms with E-state index in [1.165, 1.54) is 0 Å². The highest BCUT2D eigenvalue weighted by molar-refractivity contribution is 6.30. The number of aryl methyl sites for hydroxylation is 1. The highest BCUT2D eigenvalue weighted by atomic mass is 35.5. The van der Waals surface area contributed by atoms with Crippen LogP contribution in [0.15, 0.2) is 48.5 Å². The molecule has 0 aliphatic carbocycles. The van der Waals surface area contributed by atoms with Crippen molar-refractivity contribution in [1.82, 2.24) is 0 Å². The maximum atomic E-state index is 12.4. The molecule has 5 heteroatoms. The topological polar surface area (TPSA) is 49.4 Å². The molecule has 1 aliphatic heterocycles. The average molecular weight is 329 g/mol. The summed E-state index contributed by atoms with van der Waals surface area (Å²) >= 11 is 5.91. The minimum atomic E-state index is -0.359. The first-order valence-electron chi connectivity index (χ1n) is 7.46. The molecular weight excluding hydrogens is 312 g/mol. The Morgan fingerprint density at radius 3 is 2.65 bits per heavy atom. The first kappa shape index (κ1) is 15.6. The van der Waals surface area contributed by atoms with Crippen LogP contribution in [0.2, 0.25) is 5.02 Å². The van der Waals surface area contributed by atoms with E-state index >= 15 is 0 Å². The van der Waals surface area contributed by atoms with Gasteiger partial charge in [0, 0.05) is 29.4 Å². The number of hydrogen-bond donors (Lipinski definition) is 1. The summed E-state index contributed by atoms with van der Waals surface area (Å²) in [5, 5.41) is 3.39. The Morgan fingerprint density at radius 2 is 1.96 bits per heavy atom. The second kappa shape index (κ2) is 6.42. The molecule has 0 spiro atoms. The van der Waals surface area contributed by atoms with Crippen LogP contribution in [0, 0.1) is 12.8 Å². The third-order valence-corrected chi connectivity index (χ3v) is 4.17. The van der Waals surface area contributed by atoms with E-state index < -0.39 is 0 Å². The van der Waals surface area contributed by atoms with Crippen molar-refractivity contribution in [2.75, 3.05) is 16.8 Å². The molecule has 0 bridgehead atoms. The van der Waals surface area contributed by atoms with Crippen molar-refractivity contribution < 1.29 is 9.59 Å². The second-order valence-corrected chi connectivity index (χ2v) is 6.18. The molecule has 2 aromatic rings. The Balaban J connectivity index is 1.69. The van der Waals surface area contributed by atoms with Crippen LogP contribution in [0.5, 0.6) is 0 Å². The summed E-state index contributed by atoms with van der Waals surface area (Å²) in [6.45, 7) is 2.39. The van der Waals surface area contributed by atoms with E-state index in [-0.39, 0.29) is 24.2 Å². The standard InChI is InChI=1S/C18H17ClN2O2/c1-12-5-7-16(8-6-12)21-11-13(9-17(21)22)18(23)20-15-4-2-3-14(19)10-15/h2-8,10,13H,9,11H2,1H3,(H,20,23)/t13-/m1/s1. The number of nitrogens with zero attached hydrogens (tertiary/aromatic N) is 1. The van der Waals surface area contributed by atoms with E-state index in [0.29, 0.717) is 17.3 Å². The molecule has 1 atom stereocenters. The summed E-state index contributed by atoms with van der Waals surface area (Å²) in [4.78, 5) is 26.2. The summed E-state index contributed by atoms with van der Waals surface area (Å²) in [5.41, 5.74) is 2.61. The quantitative estimate of drug-likeness (QED) is 0.935. The molecule has 0 unspecified atom stereocenters. The third kappa shape index (κ3) is 3.54. The molecule has 0 aromatic heterocycles. The van der Waals surface area contributed by atoms with Crippen molar-refractivity contribution in [3.63, 3.8) is 0 Å². The lowest BCUT2D eigenvalue weighted by Gasteiger charge is -2.17. The van der Waals surface area contributed by atoms with Gasteiger partial charge in [0.05, 0.1) is 5.92 Å². The van der Waals surface area contributed by atoms with Crippen LogP contribution in [-0.2, 0) is 9.59 Å². The molecule has 0 saturated carbocycles. The van der Waals surface area contributed by atoms with Crippen molar-refractivity contribution in [2.45, 2.75) is 13.3 Å². The Morgan fingerprint density at radius 1 is 1.22 bits per heavy atom. The average Bonchev–Trinajstić information content (AvgIpc) is 2.90. The number of benzene rings is 2. The van der Waals surface area contributed by atoms with Gasteiger partial charge in [0.1, 0.15) is 0 Å². The number of halogens is 1. The highest BCUT2D eigenvalue weighted by Crippen LogP contribution is 2.26. The predicted octanol–water partition coefficient (Wildman–Crippen LogP) is 3.64. The van der Waals surface area contributed by atoms with Gasteiger partial charge in [-0.15, -0.1) is 0 Å². The molecule has 1 N–H and O–H groups in total. The number of anilines is 2. The molecular formula is C18H17ClN2O2. The molecule has 1 aliphatic rings. The molecule has 0 radical (unpaired) electrons.